The minimum atomic E-state index is 0.708. The van der Waals surface area contributed by atoms with Crippen molar-refractivity contribution in [3.63, 3.8) is 0 Å². The first-order chi connectivity index (χ1) is 9.72. The number of aryl methyl sites for hydroxylation is 1. The number of benzene rings is 2. The van der Waals surface area contributed by atoms with Crippen LogP contribution < -0.4 is 5.73 Å². The van der Waals surface area contributed by atoms with Gasteiger partial charge in [0.2, 0.25) is 0 Å². The Morgan fingerprint density at radius 2 is 2.00 bits per heavy atom. The molecule has 3 aromatic rings. The third-order valence-corrected chi connectivity index (χ3v) is 3.51. The highest BCUT2D eigenvalue weighted by molar-refractivity contribution is 5.90. The van der Waals surface area contributed by atoms with Crippen molar-refractivity contribution < 1.29 is 0 Å². The van der Waals surface area contributed by atoms with Crippen LogP contribution in [0.1, 0.15) is 5.56 Å². The molecule has 3 heteroatoms. The Kier molecular flexibility index (Phi) is 3.03. The fourth-order valence-corrected chi connectivity index (χ4v) is 2.51. The van der Waals surface area contributed by atoms with Crippen molar-refractivity contribution in [3.8, 4) is 11.4 Å². The number of aromatic nitrogens is 2. The summed E-state index contributed by atoms with van der Waals surface area (Å²) < 4.78 is 2.15. The van der Waals surface area contributed by atoms with Crippen LogP contribution in [0.25, 0.3) is 22.4 Å². The third-order valence-electron chi connectivity index (χ3n) is 3.51. The molecule has 0 bridgehead atoms. The van der Waals surface area contributed by atoms with Crippen LogP contribution in [0, 0.1) is 6.92 Å². The van der Waals surface area contributed by atoms with Gasteiger partial charge in [0.05, 0.1) is 11.2 Å². The molecule has 0 amide bonds. The fourth-order valence-electron chi connectivity index (χ4n) is 2.51. The number of anilines is 1. The molecule has 0 saturated carbocycles. The summed E-state index contributed by atoms with van der Waals surface area (Å²) in [5.74, 6) is 0.941. The average molecular weight is 263 g/mol. The molecule has 0 saturated heterocycles. The molecular weight excluding hydrogens is 246 g/mol. The summed E-state index contributed by atoms with van der Waals surface area (Å²) in [7, 11) is 0. The van der Waals surface area contributed by atoms with Crippen molar-refractivity contribution in [3.05, 3.63) is 60.7 Å². The zero-order valence-corrected chi connectivity index (χ0v) is 11.5. The van der Waals surface area contributed by atoms with Crippen LogP contribution in [0.2, 0.25) is 0 Å². The van der Waals surface area contributed by atoms with Crippen LogP contribution in [-0.4, -0.2) is 9.55 Å². The number of rotatable bonds is 3. The largest absolute Gasteiger partial charge is 0.397 e. The second-order valence-corrected chi connectivity index (χ2v) is 4.86. The maximum Gasteiger partial charge on any atom is 0.141 e. The van der Waals surface area contributed by atoms with E-state index in [0.29, 0.717) is 12.2 Å². The Bertz CT molecular complexity index is 784. The summed E-state index contributed by atoms with van der Waals surface area (Å²) in [6, 6.07) is 14.1. The smallest absolute Gasteiger partial charge is 0.141 e. The molecule has 0 unspecified atom stereocenters. The van der Waals surface area contributed by atoms with Crippen LogP contribution in [-0.2, 0) is 6.54 Å². The molecule has 0 atom stereocenters. The van der Waals surface area contributed by atoms with E-state index in [1.54, 1.807) is 0 Å². The van der Waals surface area contributed by atoms with E-state index in [9.17, 15) is 0 Å². The van der Waals surface area contributed by atoms with Crippen LogP contribution in [0.3, 0.4) is 0 Å². The number of hydrogen-bond acceptors (Lipinski definition) is 2. The first-order valence-electron chi connectivity index (χ1n) is 6.64. The van der Waals surface area contributed by atoms with Crippen LogP contribution in [0.15, 0.2) is 55.1 Å². The number of nitrogen functional groups attached to an aromatic ring is 1. The van der Waals surface area contributed by atoms with Gasteiger partial charge in [-0.25, -0.2) is 4.98 Å². The van der Waals surface area contributed by atoms with E-state index in [0.717, 1.165) is 22.4 Å². The molecule has 1 heterocycles. The van der Waals surface area contributed by atoms with Gasteiger partial charge in [-0.3, -0.25) is 0 Å². The van der Waals surface area contributed by atoms with E-state index < -0.39 is 0 Å². The molecular formula is C17H17N3. The molecule has 0 fully saturated rings. The van der Waals surface area contributed by atoms with E-state index >= 15 is 0 Å². The first kappa shape index (κ1) is 12.5. The van der Waals surface area contributed by atoms with Gasteiger partial charge in [0.15, 0.2) is 0 Å². The first-order valence-corrected chi connectivity index (χ1v) is 6.64. The molecule has 0 spiro atoms. The Morgan fingerprint density at radius 1 is 1.20 bits per heavy atom. The Balaban J connectivity index is 2.35. The maximum absolute atomic E-state index is 6.05. The average Bonchev–Trinajstić information content (AvgIpc) is 2.80. The molecule has 0 radical (unpaired) electrons. The number of para-hydroxylation sites is 1. The monoisotopic (exact) mass is 263 g/mol. The number of fused-ring (bicyclic) bond motifs is 1. The predicted molar refractivity (Wildman–Crippen MR) is 84.5 cm³/mol. The van der Waals surface area contributed by atoms with Crippen molar-refractivity contribution >= 4 is 16.7 Å². The highest BCUT2D eigenvalue weighted by Crippen LogP contribution is 2.29. The molecule has 2 N–H and O–H groups in total. The predicted octanol–water partition coefficient (Wildman–Crippen LogP) is 3.78. The van der Waals surface area contributed by atoms with Gasteiger partial charge in [0.25, 0.3) is 0 Å². The quantitative estimate of drug-likeness (QED) is 0.577. The van der Waals surface area contributed by atoms with Gasteiger partial charge in [-0.15, -0.1) is 6.58 Å². The zero-order valence-electron chi connectivity index (χ0n) is 11.5. The topological polar surface area (TPSA) is 43.8 Å². The SMILES string of the molecule is C=CCn1c(-c2ccccc2C)nc2c(N)cccc21. The lowest BCUT2D eigenvalue weighted by Gasteiger charge is -2.08. The molecule has 0 aliphatic heterocycles. The summed E-state index contributed by atoms with van der Waals surface area (Å²) in [5.41, 5.74) is 11.0. The molecule has 1 aromatic heterocycles. The maximum atomic E-state index is 6.05. The Hall–Kier alpha value is -2.55. The molecule has 20 heavy (non-hydrogen) atoms. The standard InChI is InChI=1S/C17H17N3/c1-3-11-20-15-10-6-9-14(18)16(15)19-17(20)13-8-5-4-7-12(13)2/h3-10H,1,11,18H2,2H3. The van der Waals surface area contributed by atoms with E-state index in [-0.39, 0.29) is 0 Å². The van der Waals surface area contributed by atoms with E-state index in [4.69, 9.17) is 10.7 Å². The van der Waals surface area contributed by atoms with Gasteiger partial charge in [0, 0.05) is 12.1 Å². The van der Waals surface area contributed by atoms with Crippen molar-refractivity contribution in [2.24, 2.45) is 0 Å². The summed E-state index contributed by atoms with van der Waals surface area (Å²) in [6.07, 6.45) is 1.88. The fraction of sp³-hybridized carbons (Fsp3) is 0.118. The summed E-state index contributed by atoms with van der Waals surface area (Å²) in [6.45, 7) is 6.65. The number of imidazole rings is 1. The lowest BCUT2D eigenvalue weighted by Crippen LogP contribution is -1.99. The van der Waals surface area contributed by atoms with Crippen molar-refractivity contribution in [1.82, 2.24) is 9.55 Å². The molecule has 3 nitrogen and oxygen atoms in total. The van der Waals surface area contributed by atoms with Gasteiger partial charge < -0.3 is 10.3 Å². The molecule has 100 valence electrons. The highest BCUT2D eigenvalue weighted by atomic mass is 15.1. The zero-order chi connectivity index (χ0) is 14.1. The van der Waals surface area contributed by atoms with E-state index in [1.165, 1.54) is 5.56 Å². The number of nitrogens with two attached hydrogens (primary N) is 1. The van der Waals surface area contributed by atoms with E-state index in [2.05, 4.69) is 30.2 Å². The minimum absolute atomic E-state index is 0.708. The summed E-state index contributed by atoms with van der Waals surface area (Å²) in [4.78, 5) is 4.75. The number of nitrogens with zero attached hydrogens (tertiary/aromatic N) is 2. The number of hydrogen-bond donors (Lipinski definition) is 1. The minimum Gasteiger partial charge on any atom is -0.397 e. The molecule has 0 aliphatic rings. The summed E-state index contributed by atoms with van der Waals surface area (Å²) in [5, 5.41) is 0. The van der Waals surface area contributed by atoms with Crippen LogP contribution in [0.4, 0.5) is 5.69 Å². The normalized spacial score (nSPS) is 10.8. The second kappa shape index (κ2) is 4.85. The lowest BCUT2D eigenvalue weighted by molar-refractivity contribution is 0.861. The molecule has 0 aliphatic carbocycles. The Labute approximate surface area is 118 Å². The third kappa shape index (κ3) is 1.88. The van der Waals surface area contributed by atoms with E-state index in [1.807, 2.05) is 36.4 Å². The van der Waals surface area contributed by atoms with Crippen molar-refractivity contribution in [1.29, 1.82) is 0 Å². The number of allylic oxidation sites excluding steroid dienone is 1. The molecule has 3 rings (SSSR count). The van der Waals surface area contributed by atoms with Crippen LogP contribution in [0.5, 0.6) is 0 Å². The van der Waals surface area contributed by atoms with Crippen molar-refractivity contribution in [2.45, 2.75) is 13.5 Å². The van der Waals surface area contributed by atoms with Gasteiger partial charge >= 0.3 is 0 Å². The van der Waals surface area contributed by atoms with Crippen LogP contribution >= 0.6 is 0 Å². The summed E-state index contributed by atoms with van der Waals surface area (Å²) >= 11 is 0. The van der Waals surface area contributed by atoms with Gasteiger partial charge in [-0.1, -0.05) is 36.4 Å². The van der Waals surface area contributed by atoms with Gasteiger partial charge in [-0.05, 0) is 24.6 Å². The molecule has 2 aromatic carbocycles. The highest BCUT2D eigenvalue weighted by Gasteiger charge is 2.14. The van der Waals surface area contributed by atoms with Gasteiger partial charge in [0.1, 0.15) is 11.3 Å². The van der Waals surface area contributed by atoms with Crippen molar-refractivity contribution in [2.75, 3.05) is 5.73 Å². The lowest BCUT2D eigenvalue weighted by atomic mass is 10.1. The Morgan fingerprint density at radius 3 is 2.75 bits per heavy atom. The van der Waals surface area contributed by atoms with Gasteiger partial charge in [-0.2, -0.15) is 0 Å². The second-order valence-electron chi connectivity index (χ2n) is 4.86.